The molecule has 8 nitrogen and oxygen atoms in total. The molecule has 0 aromatic carbocycles. The van der Waals surface area contributed by atoms with Crippen LogP contribution in [0.15, 0.2) is 35.5 Å². The molecule has 30 heavy (non-hydrogen) atoms. The fourth-order valence-electron chi connectivity index (χ4n) is 4.05. The summed E-state index contributed by atoms with van der Waals surface area (Å²) in [5.74, 6) is 1.44. The average molecular weight is 412 g/mol. The smallest absolute Gasteiger partial charge is 0.263 e. The fourth-order valence-corrected chi connectivity index (χ4v) is 4.05. The molecule has 2 amide bonds. The number of hydrogen-bond donors (Lipinski definition) is 1. The molecule has 1 N–H and O–H groups in total. The molecular weight excluding hydrogens is 382 g/mol. The Balaban J connectivity index is 1.38. The number of carbonyl (C=O) groups excluding carboxylic acids is 2. The lowest BCUT2D eigenvalue weighted by Gasteiger charge is -2.33. The summed E-state index contributed by atoms with van der Waals surface area (Å²) in [7, 11) is 0. The Morgan fingerprint density at radius 2 is 2.00 bits per heavy atom. The molecule has 0 radical (unpaired) electrons. The van der Waals surface area contributed by atoms with E-state index in [-0.39, 0.29) is 23.9 Å². The van der Waals surface area contributed by atoms with E-state index in [1.165, 1.54) is 10.6 Å². The quantitative estimate of drug-likeness (QED) is 0.747. The van der Waals surface area contributed by atoms with Crippen molar-refractivity contribution in [2.75, 3.05) is 19.6 Å². The van der Waals surface area contributed by atoms with E-state index in [1.54, 1.807) is 18.5 Å². The third-order valence-corrected chi connectivity index (χ3v) is 6.07. The minimum atomic E-state index is -0.415. The van der Waals surface area contributed by atoms with Gasteiger partial charge in [0.2, 0.25) is 5.91 Å². The first kappa shape index (κ1) is 20.4. The fraction of sp³-hybridized carbons (Fsp3) is 0.545. The van der Waals surface area contributed by atoms with Crippen LogP contribution in [-0.2, 0) is 17.9 Å². The molecule has 2 aromatic heterocycles. The number of hydrogen-bond acceptors (Lipinski definition) is 4. The number of aryl methyl sites for hydroxylation is 1. The number of nitrogens with one attached hydrogen (secondary N) is 1. The van der Waals surface area contributed by atoms with Gasteiger partial charge in [0, 0.05) is 44.8 Å². The number of pyridine rings is 1. The van der Waals surface area contributed by atoms with E-state index in [2.05, 4.69) is 14.9 Å². The molecule has 0 bridgehead atoms. The minimum absolute atomic E-state index is 0.0423. The Labute approximate surface area is 175 Å². The van der Waals surface area contributed by atoms with Crippen LogP contribution in [-0.4, -0.2) is 50.5 Å². The van der Waals surface area contributed by atoms with Gasteiger partial charge in [-0.05, 0) is 56.6 Å². The molecule has 3 heterocycles. The van der Waals surface area contributed by atoms with E-state index in [9.17, 15) is 14.4 Å². The van der Waals surface area contributed by atoms with Crippen LogP contribution in [0, 0.1) is 18.8 Å². The van der Waals surface area contributed by atoms with Gasteiger partial charge in [0.25, 0.3) is 11.5 Å². The molecule has 0 spiro atoms. The van der Waals surface area contributed by atoms with Crippen molar-refractivity contribution in [2.45, 2.75) is 45.7 Å². The van der Waals surface area contributed by atoms with E-state index in [0.29, 0.717) is 31.5 Å². The molecule has 2 aliphatic rings. The summed E-state index contributed by atoms with van der Waals surface area (Å²) in [6.07, 6.45) is 9.61. The van der Waals surface area contributed by atoms with Crippen LogP contribution in [0.1, 0.15) is 41.9 Å². The summed E-state index contributed by atoms with van der Waals surface area (Å²) in [5, 5.41) is 2.82. The van der Waals surface area contributed by atoms with Gasteiger partial charge in [-0.1, -0.05) is 0 Å². The van der Waals surface area contributed by atoms with Crippen molar-refractivity contribution in [2.24, 2.45) is 11.8 Å². The van der Waals surface area contributed by atoms with Crippen LogP contribution in [0.4, 0.5) is 0 Å². The van der Waals surface area contributed by atoms with E-state index >= 15 is 0 Å². The first-order valence-corrected chi connectivity index (χ1v) is 10.7. The van der Waals surface area contributed by atoms with Crippen LogP contribution < -0.4 is 10.9 Å². The largest absolute Gasteiger partial charge is 0.352 e. The van der Waals surface area contributed by atoms with Gasteiger partial charge in [0.05, 0.1) is 0 Å². The maximum absolute atomic E-state index is 12.9. The molecule has 4 rings (SSSR count). The monoisotopic (exact) mass is 411 g/mol. The Hall–Kier alpha value is -2.90. The third-order valence-electron chi connectivity index (χ3n) is 6.07. The summed E-state index contributed by atoms with van der Waals surface area (Å²) in [5.41, 5.74) is -0.320. The van der Waals surface area contributed by atoms with Crippen molar-refractivity contribution < 1.29 is 9.59 Å². The molecule has 1 unspecified atom stereocenters. The topological polar surface area (TPSA) is 89.2 Å². The van der Waals surface area contributed by atoms with Crippen LogP contribution >= 0.6 is 0 Å². The molecule has 8 heteroatoms. The number of amides is 2. The number of piperidine rings is 1. The Morgan fingerprint density at radius 3 is 2.73 bits per heavy atom. The highest BCUT2D eigenvalue weighted by Crippen LogP contribution is 2.27. The van der Waals surface area contributed by atoms with Gasteiger partial charge >= 0.3 is 0 Å². The van der Waals surface area contributed by atoms with Crippen LogP contribution in [0.3, 0.4) is 0 Å². The molecule has 1 atom stereocenters. The first-order valence-electron chi connectivity index (χ1n) is 10.7. The van der Waals surface area contributed by atoms with Crippen LogP contribution in [0.25, 0.3) is 0 Å². The highest BCUT2D eigenvalue weighted by molar-refractivity contribution is 5.93. The highest BCUT2D eigenvalue weighted by atomic mass is 16.2. The van der Waals surface area contributed by atoms with E-state index in [4.69, 9.17) is 0 Å². The number of rotatable bonds is 7. The molecule has 1 aliphatic carbocycles. The number of likely N-dealkylation sites (tertiary alicyclic amines) is 1. The van der Waals surface area contributed by atoms with Gasteiger partial charge in [-0.3, -0.25) is 14.4 Å². The number of aromatic nitrogens is 3. The van der Waals surface area contributed by atoms with Crippen LogP contribution in [0.5, 0.6) is 0 Å². The molecule has 1 saturated heterocycles. The predicted octanol–water partition coefficient (Wildman–Crippen LogP) is 1.43. The van der Waals surface area contributed by atoms with Crippen LogP contribution in [0.2, 0.25) is 0 Å². The lowest BCUT2D eigenvalue weighted by atomic mass is 9.97. The number of nitrogens with zero attached hydrogens (tertiary/aromatic N) is 4. The zero-order valence-electron chi connectivity index (χ0n) is 17.4. The summed E-state index contributed by atoms with van der Waals surface area (Å²) >= 11 is 0. The molecule has 1 aliphatic heterocycles. The molecule has 2 aromatic rings. The zero-order chi connectivity index (χ0) is 21.1. The second-order valence-corrected chi connectivity index (χ2v) is 8.48. The second kappa shape index (κ2) is 8.85. The van der Waals surface area contributed by atoms with Crippen molar-refractivity contribution in [3.8, 4) is 0 Å². The van der Waals surface area contributed by atoms with Crippen molar-refractivity contribution >= 4 is 11.8 Å². The van der Waals surface area contributed by atoms with Gasteiger partial charge < -0.3 is 19.4 Å². The zero-order valence-corrected chi connectivity index (χ0v) is 17.4. The number of carbonyl (C=O) groups is 2. The Kier molecular flexibility index (Phi) is 6.01. The summed E-state index contributed by atoms with van der Waals surface area (Å²) in [6.45, 7) is 4.76. The van der Waals surface area contributed by atoms with Crippen molar-refractivity contribution in [1.29, 1.82) is 0 Å². The standard InChI is InChI=1S/C22H29N5O3/c1-16-23-8-11-25(16)13-18-4-2-9-26(14-18)20(28)15-27-10-3-5-19(22(27)30)21(29)24-12-17-6-7-17/h3,5,8,10-11,17-18H,2,4,6-7,9,12-15H2,1H3,(H,24,29). The maximum Gasteiger partial charge on any atom is 0.263 e. The van der Waals surface area contributed by atoms with Gasteiger partial charge in [0.15, 0.2) is 0 Å². The lowest BCUT2D eigenvalue weighted by molar-refractivity contribution is -0.133. The average Bonchev–Trinajstić information content (AvgIpc) is 3.49. The van der Waals surface area contributed by atoms with E-state index < -0.39 is 5.56 Å². The SMILES string of the molecule is Cc1nccn1CC1CCCN(C(=O)Cn2cccc(C(=O)NCC3CC3)c2=O)C1. The predicted molar refractivity (Wildman–Crippen MR) is 112 cm³/mol. The van der Waals surface area contributed by atoms with Crippen molar-refractivity contribution in [1.82, 2.24) is 24.3 Å². The lowest BCUT2D eigenvalue weighted by Crippen LogP contribution is -2.44. The molecular formula is C22H29N5O3. The van der Waals surface area contributed by atoms with Gasteiger partial charge in [-0.25, -0.2) is 4.98 Å². The van der Waals surface area contributed by atoms with Gasteiger partial charge in [-0.15, -0.1) is 0 Å². The summed E-state index contributed by atoms with van der Waals surface area (Å²) in [4.78, 5) is 44.0. The van der Waals surface area contributed by atoms with Crippen molar-refractivity contribution in [3.05, 3.63) is 52.5 Å². The Morgan fingerprint density at radius 1 is 1.17 bits per heavy atom. The molecule has 160 valence electrons. The number of imidazole rings is 1. The molecule has 2 fully saturated rings. The van der Waals surface area contributed by atoms with Gasteiger partial charge in [-0.2, -0.15) is 0 Å². The van der Waals surface area contributed by atoms with E-state index in [1.807, 2.05) is 18.0 Å². The highest BCUT2D eigenvalue weighted by Gasteiger charge is 2.25. The summed E-state index contributed by atoms with van der Waals surface area (Å²) < 4.78 is 3.46. The maximum atomic E-state index is 12.9. The second-order valence-electron chi connectivity index (χ2n) is 8.48. The van der Waals surface area contributed by atoms with Gasteiger partial charge in [0.1, 0.15) is 17.9 Å². The molecule has 1 saturated carbocycles. The van der Waals surface area contributed by atoms with Crippen molar-refractivity contribution in [3.63, 3.8) is 0 Å². The third kappa shape index (κ3) is 4.80. The summed E-state index contributed by atoms with van der Waals surface area (Å²) in [6, 6.07) is 3.18. The minimum Gasteiger partial charge on any atom is -0.352 e. The first-order chi connectivity index (χ1) is 14.5. The van der Waals surface area contributed by atoms with E-state index in [0.717, 1.165) is 38.1 Å². The normalized spacial score (nSPS) is 19.0. The Bertz CT molecular complexity index is 975.